The van der Waals surface area contributed by atoms with E-state index in [2.05, 4.69) is 5.32 Å². The van der Waals surface area contributed by atoms with Crippen molar-refractivity contribution in [3.8, 4) is 0 Å². The first-order chi connectivity index (χ1) is 10.9. The molecule has 1 saturated carbocycles. The van der Waals surface area contributed by atoms with Gasteiger partial charge in [0.2, 0.25) is 5.91 Å². The Morgan fingerprint density at radius 2 is 1.62 bits per heavy atom. The first-order valence-electron chi connectivity index (χ1n) is 6.78. The molecule has 10 heteroatoms. The van der Waals surface area contributed by atoms with E-state index in [0.29, 0.717) is 6.07 Å². The zero-order valence-electron chi connectivity index (χ0n) is 12.0. The minimum atomic E-state index is -4.77. The van der Waals surface area contributed by atoms with Gasteiger partial charge in [0.15, 0.2) is 0 Å². The average molecular weight is 354 g/mol. The molecule has 2 amide bonds. The van der Waals surface area contributed by atoms with E-state index in [1.807, 2.05) is 0 Å². The second kappa shape index (κ2) is 5.99. The summed E-state index contributed by atoms with van der Waals surface area (Å²) < 4.78 is 75.0. The van der Waals surface area contributed by atoms with Crippen LogP contribution in [0.2, 0.25) is 0 Å². The van der Waals surface area contributed by atoms with Crippen molar-refractivity contribution in [2.75, 3.05) is 6.54 Å². The molecule has 1 fully saturated rings. The highest BCUT2D eigenvalue weighted by Gasteiger charge is 2.52. The molecule has 0 aromatic heterocycles. The van der Waals surface area contributed by atoms with E-state index in [1.165, 1.54) is 6.07 Å². The number of alkyl halides is 6. The Kier molecular flexibility index (Phi) is 4.51. The van der Waals surface area contributed by atoms with Crippen LogP contribution >= 0.6 is 0 Å². The Labute approximate surface area is 132 Å². The summed E-state index contributed by atoms with van der Waals surface area (Å²) >= 11 is 0. The van der Waals surface area contributed by atoms with E-state index in [-0.39, 0.29) is 12.8 Å². The van der Waals surface area contributed by atoms with Crippen LogP contribution in [-0.4, -0.2) is 30.1 Å². The molecule has 0 saturated heterocycles. The largest absolute Gasteiger partial charge is 0.417 e. The van der Waals surface area contributed by atoms with E-state index >= 15 is 0 Å². The van der Waals surface area contributed by atoms with Gasteiger partial charge >= 0.3 is 12.4 Å². The molecule has 2 rings (SSSR count). The lowest BCUT2D eigenvalue weighted by atomic mass is 10.1. The molecule has 0 radical (unpaired) electrons. The summed E-state index contributed by atoms with van der Waals surface area (Å²) in [4.78, 5) is 23.8. The second-order valence-electron chi connectivity index (χ2n) is 5.38. The van der Waals surface area contributed by atoms with Crippen LogP contribution in [0.1, 0.15) is 28.8 Å². The van der Waals surface area contributed by atoms with Gasteiger partial charge in [0.25, 0.3) is 5.91 Å². The van der Waals surface area contributed by atoms with Crippen LogP contribution in [0.25, 0.3) is 0 Å². The minimum Gasteiger partial charge on any atom is -0.345 e. The summed E-state index contributed by atoms with van der Waals surface area (Å²) in [5.74, 6) is -2.24. The molecule has 0 heterocycles. The molecular formula is C14H12F6N2O2. The molecule has 1 aliphatic carbocycles. The van der Waals surface area contributed by atoms with Gasteiger partial charge in [-0.05, 0) is 25.0 Å². The van der Waals surface area contributed by atoms with Crippen LogP contribution in [0.4, 0.5) is 26.3 Å². The molecule has 0 aliphatic heterocycles. The Morgan fingerprint density at radius 1 is 1.04 bits per heavy atom. The highest BCUT2D eigenvalue weighted by atomic mass is 19.4. The third-order valence-electron chi connectivity index (χ3n) is 3.46. The molecule has 132 valence electrons. The summed E-state index contributed by atoms with van der Waals surface area (Å²) in [7, 11) is 0. The maximum atomic E-state index is 12.9. The summed E-state index contributed by atoms with van der Waals surface area (Å²) in [6, 6.07) is 3.95. The monoisotopic (exact) mass is 354 g/mol. The van der Waals surface area contributed by atoms with Crippen LogP contribution in [0.3, 0.4) is 0 Å². The molecule has 0 bridgehead atoms. The van der Waals surface area contributed by atoms with Crippen LogP contribution in [0, 0.1) is 0 Å². The number of hydrogen-bond donors (Lipinski definition) is 2. The van der Waals surface area contributed by atoms with Crippen molar-refractivity contribution < 1.29 is 35.9 Å². The third-order valence-corrected chi connectivity index (χ3v) is 3.46. The summed E-state index contributed by atoms with van der Waals surface area (Å²) in [6.45, 7) is -1.58. The normalized spacial score (nSPS) is 16.4. The van der Waals surface area contributed by atoms with Crippen molar-refractivity contribution in [1.82, 2.24) is 10.6 Å². The molecule has 2 N–H and O–H groups in total. The summed E-state index contributed by atoms with van der Waals surface area (Å²) in [5, 5.41) is 3.74. The predicted molar refractivity (Wildman–Crippen MR) is 69.9 cm³/mol. The zero-order chi connectivity index (χ0) is 18.2. The smallest absolute Gasteiger partial charge is 0.345 e. The lowest BCUT2D eigenvalue weighted by molar-refractivity contribution is -0.140. The highest BCUT2D eigenvalue weighted by Crippen LogP contribution is 2.37. The van der Waals surface area contributed by atoms with Crippen LogP contribution < -0.4 is 10.6 Å². The number of amides is 2. The van der Waals surface area contributed by atoms with E-state index in [4.69, 9.17) is 0 Å². The van der Waals surface area contributed by atoms with Crippen LogP contribution in [0.5, 0.6) is 0 Å². The number of halogens is 6. The van der Waals surface area contributed by atoms with Crippen molar-refractivity contribution in [2.24, 2.45) is 0 Å². The summed E-state index contributed by atoms with van der Waals surface area (Å²) in [5.41, 5.74) is -3.48. The van der Waals surface area contributed by atoms with Gasteiger partial charge in [0, 0.05) is 0 Å². The van der Waals surface area contributed by atoms with Crippen molar-refractivity contribution in [3.05, 3.63) is 35.4 Å². The van der Waals surface area contributed by atoms with E-state index < -0.39 is 47.4 Å². The molecule has 0 unspecified atom stereocenters. The van der Waals surface area contributed by atoms with Crippen molar-refractivity contribution in [2.45, 2.75) is 30.7 Å². The minimum absolute atomic E-state index is 0.0522. The number of carbonyl (C=O) groups excluding carboxylic acids is 2. The van der Waals surface area contributed by atoms with Crippen LogP contribution in [0.15, 0.2) is 24.3 Å². The van der Waals surface area contributed by atoms with Crippen molar-refractivity contribution in [1.29, 1.82) is 0 Å². The van der Waals surface area contributed by atoms with E-state index in [1.54, 1.807) is 5.32 Å². The Hall–Kier alpha value is -2.26. The SMILES string of the molecule is O=C(NC1(C(=O)NCC(F)(F)F)CC1)c1ccccc1C(F)(F)F. The first kappa shape index (κ1) is 18.1. The Morgan fingerprint density at radius 3 is 2.12 bits per heavy atom. The number of carbonyl (C=O) groups is 2. The van der Waals surface area contributed by atoms with E-state index in [9.17, 15) is 35.9 Å². The number of benzene rings is 1. The molecule has 0 atom stereocenters. The third kappa shape index (κ3) is 4.18. The van der Waals surface area contributed by atoms with Crippen LogP contribution in [-0.2, 0) is 11.0 Å². The van der Waals surface area contributed by atoms with Gasteiger partial charge in [-0.3, -0.25) is 9.59 Å². The lowest BCUT2D eigenvalue weighted by Gasteiger charge is -2.19. The highest BCUT2D eigenvalue weighted by molar-refractivity contribution is 6.01. The molecule has 1 aliphatic rings. The van der Waals surface area contributed by atoms with Gasteiger partial charge in [0.05, 0.1) is 11.1 Å². The molecule has 4 nitrogen and oxygen atoms in total. The van der Waals surface area contributed by atoms with E-state index in [0.717, 1.165) is 12.1 Å². The van der Waals surface area contributed by atoms with Gasteiger partial charge in [0.1, 0.15) is 12.1 Å². The molecule has 1 aromatic rings. The fourth-order valence-electron chi connectivity index (χ4n) is 2.10. The number of nitrogens with one attached hydrogen (secondary N) is 2. The molecule has 0 spiro atoms. The molecule has 24 heavy (non-hydrogen) atoms. The average Bonchev–Trinajstić information content (AvgIpc) is 3.24. The number of hydrogen-bond acceptors (Lipinski definition) is 2. The van der Waals surface area contributed by atoms with Gasteiger partial charge < -0.3 is 10.6 Å². The van der Waals surface area contributed by atoms with Gasteiger partial charge in [-0.2, -0.15) is 26.3 Å². The van der Waals surface area contributed by atoms with Crippen molar-refractivity contribution in [3.63, 3.8) is 0 Å². The lowest BCUT2D eigenvalue weighted by Crippen LogP contribution is -2.51. The Bertz CT molecular complexity index is 649. The standard InChI is InChI=1S/C14H12F6N2O2/c15-13(16,17)7-21-11(24)12(5-6-12)22-10(23)8-3-1-2-4-9(8)14(18,19)20/h1-4H,5-7H2,(H,21,24)(H,22,23). The maximum Gasteiger partial charge on any atom is 0.417 e. The fourth-order valence-corrected chi connectivity index (χ4v) is 2.10. The van der Waals surface area contributed by atoms with Gasteiger partial charge in [-0.15, -0.1) is 0 Å². The molecule has 1 aromatic carbocycles. The van der Waals surface area contributed by atoms with Crippen molar-refractivity contribution >= 4 is 11.8 Å². The Balaban J connectivity index is 2.12. The second-order valence-corrected chi connectivity index (χ2v) is 5.38. The fraction of sp³-hybridized carbons (Fsp3) is 0.429. The first-order valence-corrected chi connectivity index (χ1v) is 6.78. The maximum absolute atomic E-state index is 12.9. The quantitative estimate of drug-likeness (QED) is 0.817. The molecular weight excluding hydrogens is 342 g/mol. The van der Waals surface area contributed by atoms with Gasteiger partial charge in [-0.25, -0.2) is 0 Å². The zero-order valence-corrected chi connectivity index (χ0v) is 12.0. The predicted octanol–water partition coefficient (Wildman–Crippen LogP) is 2.65. The summed E-state index contributed by atoms with van der Waals surface area (Å²) in [6.07, 6.45) is -9.30. The topological polar surface area (TPSA) is 58.2 Å². The number of rotatable bonds is 4. The van der Waals surface area contributed by atoms with Gasteiger partial charge in [-0.1, -0.05) is 12.1 Å².